The van der Waals surface area contributed by atoms with E-state index < -0.39 is 18.5 Å². The summed E-state index contributed by atoms with van der Waals surface area (Å²) in [5.41, 5.74) is 5.38. The number of rotatable bonds is 2. The highest BCUT2D eigenvalue weighted by Crippen LogP contribution is 1.91. The minimum absolute atomic E-state index is 0.442. The summed E-state index contributed by atoms with van der Waals surface area (Å²) in [5, 5.41) is 15.0. The summed E-state index contributed by atoms with van der Waals surface area (Å²) in [7, 11) is 0. The van der Waals surface area contributed by atoms with Gasteiger partial charge in [-0.2, -0.15) is 0 Å². The Balaban J connectivity index is 0.000000292. The van der Waals surface area contributed by atoms with Gasteiger partial charge in [0.25, 0.3) is 0 Å². The molecule has 14 heavy (non-hydrogen) atoms. The average molecular weight is 198 g/mol. The summed E-state index contributed by atoms with van der Waals surface area (Å²) in [6.07, 6.45) is 3.02. The number of nitrogens with two attached hydrogens (primary N) is 1. The standard InChI is InChI=1S/C6H6N2O.C2H4O3/c7-6(9)5-2-1-3-8-4-5;3-1-2(4)5/h1-4H,(H2,7,9);3H,1H2,(H,4,5). The fourth-order valence-electron chi connectivity index (χ4n) is 0.509. The van der Waals surface area contributed by atoms with Crippen LogP contribution in [-0.2, 0) is 4.79 Å². The van der Waals surface area contributed by atoms with Crippen molar-refractivity contribution in [1.82, 2.24) is 4.98 Å². The lowest BCUT2D eigenvalue weighted by molar-refractivity contribution is -0.140. The minimum Gasteiger partial charge on any atom is -0.480 e. The fraction of sp³-hybridized carbons (Fsp3) is 0.125. The monoisotopic (exact) mass is 198 g/mol. The lowest BCUT2D eigenvalue weighted by Crippen LogP contribution is -2.10. The predicted molar refractivity (Wildman–Crippen MR) is 47.5 cm³/mol. The number of aliphatic hydroxyl groups is 1. The van der Waals surface area contributed by atoms with Gasteiger partial charge in [-0.1, -0.05) is 0 Å². The number of nitrogens with zero attached hydrogens (tertiary/aromatic N) is 1. The molecule has 0 aliphatic heterocycles. The number of aromatic nitrogens is 1. The third-order valence-corrected chi connectivity index (χ3v) is 1.08. The van der Waals surface area contributed by atoms with Crippen LogP contribution >= 0.6 is 0 Å². The van der Waals surface area contributed by atoms with Crippen LogP contribution < -0.4 is 5.73 Å². The third-order valence-electron chi connectivity index (χ3n) is 1.08. The molecule has 0 aromatic carbocycles. The largest absolute Gasteiger partial charge is 0.480 e. The molecule has 0 saturated heterocycles. The normalized spacial score (nSPS) is 8.36. The van der Waals surface area contributed by atoms with E-state index in [1.807, 2.05) is 0 Å². The average Bonchev–Trinajstić information content (AvgIpc) is 2.20. The summed E-state index contributed by atoms with van der Waals surface area (Å²) in [5.74, 6) is -1.63. The SMILES string of the molecule is NC(=O)c1cccnc1.O=C(O)CO. The van der Waals surface area contributed by atoms with Crippen molar-refractivity contribution in [1.29, 1.82) is 0 Å². The van der Waals surface area contributed by atoms with E-state index in [0.29, 0.717) is 5.56 Å². The maximum Gasteiger partial charge on any atom is 0.329 e. The Morgan fingerprint density at radius 3 is 2.29 bits per heavy atom. The van der Waals surface area contributed by atoms with Crippen molar-refractivity contribution in [2.24, 2.45) is 5.73 Å². The van der Waals surface area contributed by atoms with Crippen molar-refractivity contribution in [2.75, 3.05) is 6.61 Å². The van der Waals surface area contributed by atoms with Crippen LogP contribution in [0.1, 0.15) is 10.4 Å². The molecule has 0 radical (unpaired) electrons. The van der Waals surface area contributed by atoms with E-state index in [4.69, 9.17) is 20.7 Å². The van der Waals surface area contributed by atoms with E-state index >= 15 is 0 Å². The lowest BCUT2D eigenvalue weighted by atomic mass is 10.3. The van der Waals surface area contributed by atoms with Crippen molar-refractivity contribution in [3.63, 3.8) is 0 Å². The van der Waals surface area contributed by atoms with Crippen molar-refractivity contribution in [3.8, 4) is 0 Å². The van der Waals surface area contributed by atoms with Gasteiger partial charge in [0.15, 0.2) is 0 Å². The first-order valence-corrected chi connectivity index (χ1v) is 3.60. The van der Waals surface area contributed by atoms with E-state index in [-0.39, 0.29) is 0 Å². The van der Waals surface area contributed by atoms with Crippen LogP contribution in [-0.4, -0.2) is 33.7 Å². The smallest absolute Gasteiger partial charge is 0.329 e. The number of amides is 1. The minimum atomic E-state index is -1.19. The summed E-state index contributed by atoms with van der Waals surface area (Å²) in [6, 6.07) is 3.29. The highest BCUT2D eigenvalue weighted by Gasteiger charge is 1.94. The van der Waals surface area contributed by atoms with Gasteiger partial charge in [-0.15, -0.1) is 0 Å². The van der Waals surface area contributed by atoms with Gasteiger partial charge in [0.05, 0.1) is 5.56 Å². The van der Waals surface area contributed by atoms with Crippen molar-refractivity contribution in [3.05, 3.63) is 30.1 Å². The molecule has 0 bridgehead atoms. The van der Waals surface area contributed by atoms with E-state index in [9.17, 15) is 4.79 Å². The maximum atomic E-state index is 10.4. The number of hydrogen-bond acceptors (Lipinski definition) is 4. The van der Waals surface area contributed by atoms with E-state index in [1.54, 1.807) is 18.3 Å². The lowest BCUT2D eigenvalue weighted by Gasteiger charge is -1.88. The molecule has 1 amide bonds. The topological polar surface area (TPSA) is 114 Å². The van der Waals surface area contributed by atoms with Crippen LogP contribution in [0.5, 0.6) is 0 Å². The van der Waals surface area contributed by atoms with Gasteiger partial charge in [-0.25, -0.2) is 4.79 Å². The molecule has 4 N–H and O–H groups in total. The molecular formula is C8H10N2O4. The molecule has 76 valence electrons. The number of carboxylic acid groups (broad SMARTS) is 1. The third kappa shape index (κ3) is 5.67. The van der Waals surface area contributed by atoms with Gasteiger partial charge in [0.1, 0.15) is 6.61 Å². The second-order valence-corrected chi connectivity index (χ2v) is 2.16. The van der Waals surface area contributed by atoms with Crippen molar-refractivity contribution < 1.29 is 19.8 Å². The van der Waals surface area contributed by atoms with Crippen LogP contribution in [0.15, 0.2) is 24.5 Å². The highest BCUT2D eigenvalue weighted by atomic mass is 16.4. The first kappa shape index (κ1) is 12.0. The molecule has 1 rings (SSSR count). The van der Waals surface area contributed by atoms with Crippen molar-refractivity contribution in [2.45, 2.75) is 0 Å². The fourth-order valence-corrected chi connectivity index (χ4v) is 0.509. The first-order chi connectivity index (χ1) is 6.57. The molecule has 1 heterocycles. The summed E-state index contributed by atoms with van der Waals surface area (Å²) in [4.78, 5) is 23.2. The molecule has 0 unspecified atom stereocenters. The molecular weight excluding hydrogens is 188 g/mol. The van der Waals surface area contributed by atoms with Crippen molar-refractivity contribution >= 4 is 11.9 Å². The molecule has 0 atom stereocenters. The Labute approximate surface area is 80.0 Å². The van der Waals surface area contributed by atoms with E-state index in [1.165, 1.54) is 6.20 Å². The highest BCUT2D eigenvalue weighted by molar-refractivity contribution is 5.92. The number of carbonyl (C=O) groups excluding carboxylic acids is 1. The van der Waals surface area contributed by atoms with Gasteiger partial charge < -0.3 is 15.9 Å². The number of aliphatic carboxylic acids is 1. The van der Waals surface area contributed by atoms with Crippen LogP contribution in [0.3, 0.4) is 0 Å². The second-order valence-electron chi connectivity index (χ2n) is 2.16. The summed E-state index contributed by atoms with van der Waals surface area (Å²) < 4.78 is 0. The van der Waals surface area contributed by atoms with Gasteiger partial charge >= 0.3 is 5.97 Å². The Kier molecular flexibility index (Phi) is 5.64. The van der Waals surface area contributed by atoms with Gasteiger partial charge in [0.2, 0.25) is 5.91 Å². The Morgan fingerprint density at radius 2 is 2.07 bits per heavy atom. The predicted octanol–water partition coefficient (Wildman–Crippen LogP) is -0.756. The number of hydrogen-bond donors (Lipinski definition) is 3. The number of pyridine rings is 1. The van der Waals surface area contributed by atoms with Crippen LogP contribution in [0.2, 0.25) is 0 Å². The molecule has 0 aliphatic rings. The zero-order valence-electron chi connectivity index (χ0n) is 7.25. The molecule has 1 aromatic heterocycles. The second kappa shape index (κ2) is 6.55. The van der Waals surface area contributed by atoms with Gasteiger partial charge in [-0.05, 0) is 12.1 Å². The number of aliphatic hydroxyl groups excluding tert-OH is 1. The van der Waals surface area contributed by atoms with Crippen LogP contribution in [0, 0.1) is 0 Å². The molecule has 6 nitrogen and oxygen atoms in total. The Hall–Kier alpha value is -1.95. The molecule has 6 heteroatoms. The number of primary amides is 1. The molecule has 1 aromatic rings. The summed E-state index contributed by atoms with van der Waals surface area (Å²) in [6.45, 7) is -0.778. The molecule has 0 aliphatic carbocycles. The zero-order valence-corrected chi connectivity index (χ0v) is 7.25. The Bertz CT molecular complexity index is 299. The first-order valence-electron chi connectivity index (χ1n) is 3.60. The van der Waals surface area contributed by atoms with Crippen LogP contribution in [0.25, 0.3) is 0 Å². The molecule has 0 spiro atoms. The number of carboxylic acids is 1. The zero-order chi connectivity index (χ0) is 11.0. The van der Waals surface area contributed by atoms with Gasteiger partial charge in [-0.3, -0.25) is 9.78 Å². The summed E-state index contributed by atoms with van der Waals surface area (Å²) >= 11 is 0. The quantitative estimate of drug-likeness (QED) is 0.578. The Morgan fingerprint density at radius 1 is 1.50 bits per heavy atom. The van der Waals surface area contributed by atoms with Gasteiger partial charge in [0, 0.05) is 12.4 Å². The number of carbonyl (C=O) groups is 2. The molecule has 0 fully saturated rings. The molecule has 0 saturated carbocycles. The maximum absolute atomic E-state index is 10.4. The van der Waals surface area contributed by atoms with E-state index in [0.717, 1.165) is 0 Å². The van der Waals surface area contributed by atoms with E-state index in [2.05, 4.69) is 4.98 Å². The van der Waals surface area contributed by atoms with Crippen LogP contribution in [0.4, 0.5) is 0 Å².